The lowest BCUT2D eigenvalue weighted by molar-refractivity contribution is -0.130. The molecule has 0 bridgehead atoms. The van der Waals surface area contributed by atoms with Crippen LogP contribution < -0.4 is 4.74 Å². The predicted octanol–water partition coefficient (Wildman–Crippen LogP) is 1.36. The van der Waals surface area contributed by atoms with Crippen LogP contribution in [-0.2, 0) is 11.2 Å². The van der Waals surface area contributed by atoms with Gasteiger partial charge in [0.15, 0.2) is 11.6 Å². The van der Waals surface area contributed by atoms with Crippen LogP contribution in [0.3, 0.4) is 0 Å². The highest BCUT2D eigenvalue weighted by atomic mass is 19.1. The van der Waals surface area contributed by atoms with Crippen molar-refractivity contribution in [3.05, 3.63) is 29.6 Å². The van der Waals surface area contributed by atoms with Crippen LogP contribution in [0.1, 0.15) is 18.4 Å². The van der Waals surface area contributed by atoms with E-state index in [1.54, 1.807) is 17.0 Å². The molecule has 4 nitrogen and oxygen atoms in total. The number of aliphatic hydroxyl groups is 1. The van der Waals surface area contributed by atoms with Crippen molar-refractivity contribution in [2.45, 2.75) is 25.4 Å². The van der Waals surface area contributed by atoms with Crippen molar-refractivity contribution in [1.29, 1.82) is 0 Å². The van der Waals surface area contributed by atoms with Crippen LogP contribution in [0, 0.1) is 5.82 Å². The molecule has 1 atom stereocenters. The molecule has 1 N–H and O–H groups in total. The average Bonchev–Trinajstić information content (AvgIpc) is 2.83. The van der Waals surface area contributed by atoms with Crippen LogP contribution in [0.2, 0.25) is 0 Å². The zero-order valence-electron chi connectivity index (χ0n) is 10.9. The first-order valence-corrected chi connectivity index (χ1v) is 6.38. The third kappa shape index (κ3) is 3.44. The second-order valence-electron chi connectivity index (χ2n) is 4.75. The molecule has 1 fully saturated rings. The van der Waals surface area contributed by atoms with E-state index in [0.29, 0.717) is 32.4 Å². The number of hydrogen-bond acceptors (Lipinski definition) is 3. The Hall–Kier alpha value is -1.62. The fourth-order valence-corrected chi connectivity index (χ4v) is 2.24. The Balaban J connectivity index is 1.88. The number of methoxy groups -OCH3 is 1. The van der Waals surface area contributed by atoms with E-state index in [4.69, 9.17) is 4.74 Å². The van der Waals surface area contributed by atoms with Crippen LogP contribution >= 0.6 is 0 Å². The Kier molecular flexibility index (Phi) is 4.37. The molecule has 1 aliphatic heterocycles. The van der Waals surface area contributed by atoms with Crippen LogP contribution in [0.25, 0.3) is 0 Å². The number of β-amino-alcohol motifs (C(OH)–C–C–N with tert-alkyl or cyclic N) is 1. The third-order valence-corrected chi connectivity index (χ3v) is 3.36. The fourth-order valence-electron chi connectivity index (χ4n) is 2.24. The topological polar surface area (TPSA) is 49.8 Å². The van der Waals surface area contributed by atoms with E-state index in [9.17, 15) is 14.3 Å². The number of nitrogens with zero attached hydrogens (tertiary/aromatic N) is 1. The van der Waals surface area contributed by atoms with Crippen molar-refractivity contribution in [1.82, 2.24) is 4.90 Å². The van der Waals surface area contributed by atoms with Gasteiger partial charge in [-0.05, 0) is 30.5 Å². The van der Waals surface area contributed by atoms with E-state index in [1.807, 2.05) is 0 Å². The number of ether oxygens (including phenoxy) is 1. The van der Waals surface area contributed by atoms with E-state index < -0.39 is 11.9 Å². The molecular formula is C14H18FNO3. The van der Waals surface area contributed by atoms with Crippen molar-refractivity contribution in [3.63, 3.8) is 0 Å². The Morgan fingerprint density at radius 3 is 2.95 bits per heavy atom. The Morgan fingerprint density at radius 1 is 1.58 bits per heavy atom. The zero-order valence-corrected chi connectivity index (χ0v) is 10.9. The van der Waals surface area contributed by atoms with Gasteiger partial charge in [0.05, 0.1) is 13.2 Å². The first kappa shape index (κ1) is 13.8. The molecule has 1 aromatic rings. The van der Waals surface area contributed by atoms with Crippen molar-refractivity contribution < 1.29 is 19.0 Å². The SMILES string of the molecule is COc1ccc(CCC(=O)N2CC[C@@H](O)C2)cc1F. The van der Waals surface area contributed by atoms with Gasteiger partial charge in [0.1, 0.15) is 0 Å². The Bertz CT molecular complexity index is 464. The number of aliphatic hydroxyl groups excluding tert-OH is 1. The third-order valence-electron chi connectivity index (χ3n) is 3.36. The molecular weight excluding hydrogens is 249 g/mol. The molecule has 0 aromatic heterocycles. The molecule has 104 valence electrons. The summed E-state index contributed by atoms with van der Waals surface area (Å²) in [5, 5.41) is 9.37. The molecule has 0 unspecified atom stereocenters. The maximum atomic E-state index is 13.5. The van der Waals surface area contributed by atoms with Gasteiger partial charge < -0.3 is 14.7 Å². The number of halogens is 1. The van der Waals surface area contributed by atoms with Gasteiger partial charge in [-0.3, -0.25) is 4.79 Å². The van der Waals surface area contributed by atoms with Crippen molar-refractivity contribution >= 4 is 5.91 Å². The Labute approximate surface area is 111 Å². The molecule has 0 spiro atoms. The molecule has 0 saturated carbocycles. The van der Waals surface area contributed by atoms with Gasteiger partial charge in [0.25, 0.3) is 0 Å². The lowest BCUT2D eigenvalue weighted by Crippen LogP contribution is -2.29. The molecule has 2 rings (SSSR count). The normalized spacial score (nSPS) is 18.7. The van der Waals surface area contributed by atoms with Gasteiger partial charge in [0.2, 0.25) is 5.91 Å². The monoisotopic (exact) mass is 267 g/mol. The maximum Gasteiger partial charge on any atom is 0.222 e. The predicted molar refractivity (Wildman–Crippen MR) is 68.5 cm³/mol. The molecule has 1 aromatic carbocycles. The van der Waals surface area contributed by atoms with Crippen LogP contribution in [0.15, 0.2) is 18.2 Å². The van der Waals surface area contributed by atoms with E-state index in [1.165, 1.54) is 13.2 Å². The summed E-state index contributed by atoms with van der Waals surface area (Å²) >= 11 is 0. The highest BCUT2D eigenvalue weighted by Crippen LogP contribution is 2.19. The second-order valence-corrected chi connectivity index (χ2v) is 4.75. The van der Waals surface area contributed by atoms with Crippen LogP contribution in [0.5, 0.6) is 5.75 Å². The molecule has 5 heteroatoms. The second kappa shape index (κ2) is 6.02. The fraction of sp³-hybridized carbons (Fsp3) is 0.500. The van der Waals surface area contributed by atoms with Crippen molar-refractivity contribution in [2.24, 2.45) is 0 Å². The van der Waals surface area contributed by atoms with Crippen LogP contribution in [-0.4, -0.2) is 42.2 Å². The van der Waals surface area contributed by atoms with Gasteiger partial charge in [-0.25, -0.2) is 4.39 Å². The van der Waals surface area contributed by atoms with Gasteiger partial charge in [0, 0.05) is 19.5 Å². The van der Waals surface area contributed by atoms with E-state index in [0.717, 1.165) is 5.56 Å². The number of aryl methyl sites for hydroxylation is 1. The number of amides is 1. The molecule has 1 amide bonds. The minimum absolute atomic E-state index is 0.00720. The maximum absolute atomic E-state index is 13.5. The molecule has 0 radical (unpaired) electrons. The number of benzene rings is 1. The first-order chi connectivity index (χ1) is 9.10. The summed E-state index contributed by atoms with van der Waals surface area (Å²) in [6, 6.07) is 4.72. The molecule has 1 saturated heterocycles. The van der Waals surface area contributed by atoms with Gasteiger partial charge in [-0.2, -0.15) is 0 Å². The summed E-state index contributed by atoms with van der Waals surface area (Å²) in [6.07, 6.45) is 1.07. The van der Waals surface area contributed by atoms with Crippen LogP contribution in [0.4, 0.5) is 4.39 Å². The number of hydrogen-bond donors (Lipinski definition) is 1. The lowest BCUT2D eigenvalue weighted by Gasteiger charge is -2.15. The molecule has 0 aliphatic carbocycles. The van der Waals surface area contributed by atoms with Crippen molar-refractivity contribution in [3.8, 4) is 5.75 Å². The first-order valence-electron chi connectivity index (χ1n) is 6.38. The van der Waals surface area contributed by atoms with Crippen molar-refractivity contribution in [2.75, 3.05) is 20.2 Å². The number of carbonyl (C=O) groups is 1. The summed E-state index contributed by atoms with van der Waals surface area (Å²) < 4.78 is 18.3. The number of likely N-dealkylation sites (tertiary alicyclic amines) is 1. The number of rotatable bonds is 4. The molecule has 1 aliphatic rings. The van der Waals surface area contributed by atoms with Gasteiger partial charge in [-0.1, -0.05) is 6.07 Å². The van der Waals surface area contributed by atoms with E-state index in [2.05, 4.69) is 0 Å². The molecule has 1 heterocycles. The van der Waals surface area contributed by atoms with E-state index in [-0.39, 0.29) is 11.7 Å². The quantitative estimate of drug-likeness (QED) is 0.896. The van der Waals surface area contributed by atoms with E-state index >= 15 is 0 Å². The van der Waals surface area contributed by atoms with Gasteiger partial charge in [-0.15, -0.1) is 0 Å². The summed E-state index contributed by atoms with van der Waals surface area (Å²) in [5.41, 5.74) is 0.770. The summed E-state index contributed by atoms with van der Waals surface area (Å²) in [4.78, 5) is 13.5. The highest BCUT2D eigenvalue weighted by molar-refractivity contribution is 5.76. The lowest BCUT2D eigenvalue weighted by atomic mass is 10.1. The molecule has 19 heavy (non-hydrogen) atoms. The van der Waals surface area contributed by atoms with Gasteiger partial charge >= 0.3 is 0 Å². The minimum Gasteiger partial charge on any atom is -0.494 e. The minimum atomic E-state index is -0.413. The smallest absolute Gasteiger partial charge is 0.222 e. The Morgan fingerprint density at radius 2 is 2.37 bits per heavy atom. The zero-order chi connectivity index (χ0) is 13.8. The summed E-state index contributed by atoms with van der Waals surface area (Å²) in [6.45, 7) is 1.02. The summed E-state index contributed by atoms with van der Waals surface area (Å²) in [7, 11) is 1.42. The number of carbonyl (C=O) groups excluding carboxylic acids is 1. The standard InChI is InChI=1S/C14H18FNO3/c1-19-13-4-2-10(8-12(13)15)3-5-14(18)16-7-6-11(17)9-16/h2,4,8,11,17H,3,5-7,9H2,1H3/t11-/m1/s1. The highest BCUT2D eigenvalue weighted by Gasteiger charge is 2.23. The average molecular weight is 267 g/mol. The largest absolute Gasteiger partial charge is 0.494 e. The summed E-state index contributed by atoms with van der Waals surface area (Å²) in [5.74, 6) is -0.199.